The zero-order chi connectivity index (χ0) is 29.1. The lowest BCUT2D eigenvalue weighted by atomic mass is 9.81. The quantitative estimate of drug-likeness (QED) is 0.314. The van der Waals surface area contributed by atoms with Gasteiger partial charge < -0.3 is 5.11 Å². The van der Waals surface area contributed by atoms with Gasteiger partial charge in [0.2, 0.25) is 0 Å². The number of alkyl halides is 6. The van der Waals surface area contributed by atoms with Gasteiger partial charge in [-0.05, 0) is 84.4 Å². The van der Waals surface area contributed by atoms with E-state index in [0.29, 0.717) is 41.6 Å². The van der Waals surface area contributed by atoms with Crippen molar-refractivity contribution >= 4 is 5.97 Å². The molecule has 9 heteroatoms. The highest BCUT2D eigenvalue weighted by atomic mass is 19.4. The van der Waals surface area contributed by atoms with Crippen molar-refractivity contribution in [2.75, 3.05) is 13.1 Å². The van der Waals surface area contributed by atoms with Crippen molar-refractivity contribution in [2.24, 2.45) is 11.8 Å². The van der Waals surface area contributed by atoms with Gasteiger partial charge in [-0.15, -0.1) is 0 Å². The highest BCUT2D eigenvalue weighted by Crippen LogP contribution is 2.40. The second-order valence-electron chi connectivity index (χ2n) is 11.5. The lowest BCUT2D eigenvalue weighted by Crippen LogP contribution is -2.51. The number of carbonyl (C=O) groups is 1. The molecule has 1 saturated heterocycles. The molecule has 0 spiro atoms. The van der Waals surface area contributed by atoms with Gasteiger partial charge in [0.05, 0.1) is 11.5 Å². The first-order valence-electron chi connectivity index (χ1n) is 13.4. The average molecular weight is 558 g/mol. The van der Waals surface area contributed by atoms with Gasteiger partial charge >= 0.3 is 18.3 Å². The van der Waals surface area contributed by atoms with Gasteiger partial charge in [-0.2, -0.15) is 26.3 Å². The highest BCUT2D eigenvalue weighted by Gasteiger charge is 2.46. The maximum absolute atomic E-state index is 13.8. The van der Waals surface area contributed by atoms with E-state index < -0.39 is 35.8 Å². The summed E-state index contributed by atoms with van der Waals surface area (Å²) in [5.41, 5.74) is 1.47. The Kier molecular flexibility index (Phi) is 9.78. The molecule has 1 heterocycles. The molecule has 2 aromatic rings. The van der Waals surface area contributed by atoms with Crippen LogP contribution in [0, 0.1) is 11.8 Å². The number of benzene rings is 2. The number of aliphatic carboxylic acids is 1. The average Bonchev–Trinajstić information content (AvgIpc) is 2.84. The van der Waals surface area contributed by atoms with Gasteiger partial charge in [-0.1, -0.05) is 58.0 Å². The summed E-state index contributed by atoms with van der Waals surface area (Å²) >= 11 is 0. The number of carboxylic acids is 1. The number of piperidine rings is 1. The molecule has 3 rings (SSSR count). The van der Waals surface area contributed by atoms with Gasteiger partial charge in [-0.25, -0.2) is 0 Å². The fourth-order valence-corrected chi connectivity index (χ4v) is 5.34. The Morgan fingerprint density at radius 3 is 2.08 bits per heavy atom. The van der Waals surface area contributed by atoms with Gasteiger partial charge in [0, 0.05) is 6.54 Å². The Morgan fingerprint density at radius 2 is 1.56 bits per heavy atom. The van der Waals surface area contributed by atoms with Crippen molar-refractivity contribution in [1.82, 2.24) is 4.90 Å². The fraction of sp³-hybridized carbons (Fsp3) is 0.567. The maximum atomic E-state index is 13.8. The molecule has 1 aliphatic rings. The molecule has 0 aromatic heterocycles. The van der Waals surface area contributed by atoms with Gasteiger partial charge in [-0.3, -0.25) is 9.69 Å². The van der Waals surface area contributed by atoms with E-state index in [9.17, 15) is 36.2 Å². The van der Waals surface area contributed by atoms with E-state index >= 15 is 0 Å². The molecular weight excluding hydrogens is 520 g/mol. The number of hydrogen-bond acceptors (Lipinski definition) is 2. The third-order valence-corrected chi connectivity index (χ3v) is 7.46. The largest absolute Gasteiger partial charge is 0.481 e. The first-order chi connectivity index (χ1) is 18.1. The molecule has 0 radical (unpaired) electrons. The summed E-state index contributed by atoms with van der Waals surface area (Å²) in [6.07, 6.45) is -7.66. The minimum atomic E-state index is -4.49. The molecule has 39 heavy (non-hydrogen) atoms. The van der Waals surface area contributed by atoms with E-state index in [1.54, 1.807) is 18.2 Å². The lowest BCUT2D eigenvalue weighted by Gasteiger charge is -2.41. The van der Waals surface area contributed by atoms with Crippen molar-refractivity contribution in [3.63, 3.8) is 0 Å². The molecule has 0 amide bonds. The summed E-state index contributed by atoms with van der Waals surface area (Å²) in [5, 5.41) is 9.99. The molecule has 1 aliphatic heterocycles. The maximum Gasteiger partial charge on any atom is 0.416 e. The third kappa shape index (κ3) is 8.22. The van der Waals surface area contributed by atoms with Crippen molar-refractivity contribution in [3.8, 4) is 11.1 Å². The first-order valence-corrected chi connectivity index (χ1v) is 13.4. The molecule has 1 N–H and O–H groups in total. The summed E-state index contributed by atoms with van der Waals surface area (Å²) in [7, 11) is 0. The molecular formula is C30H37F6NO2. The van der Waals surface area contributed by atoms with Crippen LogP contribution in [0.15, 0.2) is 42.5 Å². The Morgan fingerprint density at radius 1 is 0.923 bits per heavy atom. The molecule has 0 saturated carbocycles. The summed E-state index contributed by atoms with van der Waals surface area (Å²) in [4.78, 5) is 13.7. The second-order valence-corrected chi connectivity index (χ2v) is 11.5. The predicted octanol–water partition coefficient (Wildman–Crippen LogP) is 8.74. The number of hydrogen-bond donors (Lipinski definition) is 1. The predicted molar refractivity (Wildman–Crippen MR) is 140 cm³/mol. The highest BCUT2D eigenvalue weighted by molar-refractivity contribution is 5.77. The van der Waals surface area contributed by atoms with Crippen LogP contribution in [0.3, 0.4) is 0 Å². The van der Waals surface area contributed by atoms with Crippen LogP contribution in [0.4, 0.5) is 26.3 Å². The Bertz CT molecular complexity index is 1110. The van der Waals surface area contributed by atoms with Gasteiger partial charge in [0.25, 0.3) is 0 Å². The Balaban J connectivity index is 2.05. The van der Waals surface area contributed by atoms with Crippen LogP contribution in [0.1, 0.15) is 81.9 Å². The Labute approximate surface area is 226 Å². The van der Waals surface area contributed by atoms with Gasteiger partial charge in [0.1, 0.15) is 6.04 Å². The van der Waals surface area contributed by atoms with Crippen LogP contribution in [-0.2, 0) is 11.0 Å². The molecule has 2 aromatic carbocycles. The first kappa shape index (κ1) is 31.0. The normalized spacial score (nSPS) is 20.0. The smallest absolute Gasteiger partial charge is 0.416 e. The molecule has 3 atom stereocenters. The van der Waals surface area contributed by atoms with E-state index in [4.69, 9.17) is 0 Å². The van der Waals surface area contributed by atoms with Gasteiger partial charge in [0.15, 0.2) is 0 Å². The summed E-state index contributed by atoms with van der Waals surface area (Å²) in [6, 6.07) is 8.37. The van der Waals surface area contributed by atoms with Crippen LogP contribution in [0.25, 0.3) is 11.1 Å². The molecule has 0 bridgehead atoms. The van der Waals surface area contributed by atoms with Crippen LogP contribution in [0.5, 0.6) is 0 Å². The Hall–Kier alpha value is -2.55. The lowest BCUT2D eigenvalue weighted by molar-refractivity contribution is -0.192. The number of carboxylic acid groups (broad SMARTS) is 1. The number of likely N-dealkylation sites (tertiary alicyclic amines) is 1. The number of nitrogens with zero attached hydrogens (tertiary/aromatic N) is 1. The van der Waals surface area contributed by atoms with Crippen molar-refractivity contribution < 1.29 is 36.2 Å². The zero-order valence-corrected chi connectivity index (χ0v) is 22.7. The monoisotopic (exact) mass is 557 g/mol. The summed E-state index contributed by atoms with van der Waals surface area (Å²) in [5.74, 6) is -1.82. The third-order valence-electron chi connectivity index (χ3n) is 7.46. The van der Waals surface area contributed by atoms with E-state index in [1.165, 1.54) is 17.0 Å². The van der Waals surface area contributed by atoms with Crippen LogP contribution in [-0.4, -0.2) is 41.3 Å². The van der Waals surface area contributed by atoms with Crippen LogP contribution in [0.2, 0.25) is 0 Å². The summed E-state index contributed by atoms with van der Waals surface area (Å²) in [6.45, 7) is 8.21. The molecule has 1 fully saturated rings. The van der Waals surface area contributed by atoms with E-state index in [1.807, 2.05) is 27.7 Å². The second kappa shape index (κ2) is 12.3. The number of halogens is 6. The van der Waals surface area contributed by atoms with E-state index in [2.05, 4.69) is 0 Å². The summed E-state index contributed by atoms with van der Waals surface area (Å²) < 4.78 is 80.9. The minimum absolute atomic E-state index is 0.0676. The minimum Gasteiger partial charge on any atom is -0.481 e. The zero-order valence-electron chi connectivity index (χ0n) is 22.7. The molecule has 0 aliphatic carbocycles. The molecule has 216 valence electrons. The number of rotatable bonds is 9. The van der Waals surface area contributed by atoms with E-state index in [-0.39, 0.29) is 37.1 Å². The van der Waals surface area contributed by atoms with Crippen molar-refractivity contribution in [2.45, 2.75) is 83.6 Å². The molecule has 2 unspecified atom stereocenters. The topological polar surface area (TPSA) is 40.5 Å². The van der Waals surface area contributed by atoms with Crippen molar-refractivity contribution in [3.05, 3.63) is 59.2 Å². The van der Waals surface area contributed by atoms with Crippen LogP contribution >= 0.6 is 0 Å². The molecule has 3 nitrogen and oxygen atoms in total. The standard InChI is InChI=1S/C30H37F6NO2/c1-18(2)11-12-37-17-21(7-10-27(37)30(34,35)36)23-14-22(20-5-8-25(9-6-20)29(31,32)33)15-24(16-23)26(28(38)39)13-19(3)4/h5-6,8-9,14-16,18-19,21,26-27H,7,10-13,17H2,1-4H3,(H,38,39)/t21?,26?,27-/m1/s1. The SMILES string of the molecule is CC(C)CCN1CC(c2cc(-c3ccc(C(F)(F)F)cc3)cc(C(CC(C)C)C(=O)O)c2)CC[C@@H]1C(F)(F)F. The van der Waals surface area contributed by atoms with E-state index in [0.717, 1.165) is 12.1 Å². The van der Waals surface area contributed by atoms with Crippen LogP contribution < -0.4 is 0 Å². The van der Waals surface area contributed by atoms with Crippen molar-refractivity contribution in [1.29, 1.82) is 0 Å². The fourth-order valence-electron chi connectivity index (χ4n) is 5.34.